The second-order valence-electron chi connectivity index (χ2n) is 23.7. The average molecular weight is 1500 g/mol. The number of allylic oxidation sites excluding steroid dienone is 7. The van der Waals surface area contributed by atoms with Gasteiger partial charge in [-0.3, -0.25) is 23.7 Å². The van der Waals surface area contributed by atoms with Crippen LogP contribution in [0, 0.1) is 5.92 Å². The summed E-state index contributed by atoms with van der Waals surface area (Å²) in [7, 11) is -14.7. The number of rotatable bonds is 37. The molecular weight excluding hydrogens is 1410 g/mol. The first-order valence-corrected chi connectivity index (χ1v) is 36.2. The summed E-state index contributed by atoms with van der Waals surface area (Å²) < 4.78 is 138. The van der Waals surface area contributed by atoms with Gasteiger partial charge in [-0.2, -0.15) is 22.6 Å². The zero-order valence-electron chi connectivity index (χ0n) is 55.0. The first kappa shape index (κ1) is 90.3. The summed E-state index contributed by atoms with van der Waals surface area (Å²) in [6, 6.07) is 21.1. The third kappa shape index (κ3) is 32.6. The average Bonchev–Trinajstić information content (AvgIpc) is 1.61. The van der Waals surface area contributed by atoms with Gasteiger partial charge in [0.05, 0.1) is 40.4 Å². The van der Waals surface area contributed by atoms with Gasteiger partial charge in [0.15, 0.2) is 5.71 Å². The summed E-state index contributed by atoms with van der Waals surface area (Å²) in [6.45, 7) is 9.20. The molecule has 30 nitrogen and oxygen atoms in total. The van der Waals surface area contributed by atoms with Gasteiger partial charge >= 0.3 is 51.3 Å². The lowest BCUT2D eigenvalue weighted by Gasteiger charge is -2.28. The smallest absolute Gasteiger partial charge is 0.425 e. The maximum atomic E-state index is 13.0. The number of fused-ring (bicyclic) bond motifs is 2. The highest BCUT2D eigenvalue weighted by Gasteiger charge is 2.44. The number of nitrogens with zero attached hydrogens (tertiary/aromatic N) is 2. The molecule has 0 spiro atoms. The number of carboxylic acid groups (broad SMARTS) is 3. The Balaban J connectivity index is 0.00000365. The molecule has 3 aromatic carbocycles. The first-order chi connectivity index (χ1) is 46.5. The van der Waals surface area contributed by atoms with Gasteiger partial charge in [0.1, 0.15) is 42.5 Å². The topological polar surface area (TPSA) is 469 Å². The highest BCUT2D eigenvalue weighted by molar-refractivity contribution is 7.85. The number of unbranched alkanes of at least 4 members (excludes halogenated alkanes) is 2. The van der Waals surface area contributed by atoms with Gasteiger partial charge in [-0.1, -0.05) is 83.3 Å². The summed E-state index contributed by atoms with van der Waals surface area (Å²) in [5.74, 6) is -4.92. The van der Waals surface area contributed by atoms with Crippen molar-refractivity contribution in [1.82, 2.24) is 10.6 Å². The molecule has 0 saturated heterocycles. The summed E-state index contributed by atoms with van der Waals surface area (Å²) in [4.78, 5) is 90.7. The molecule has 2 atom stereocenters. The lowest BCUT2D eigenvalue weighted by molar-refractivity contribution is -0.438. The number of amides is 2. The van der Waals surface area contributed by atoms with Crippen LogP contribution in [0.4, 0.5) is 16.2 Å². The van der Waals surface area contributed by atoms with Crippen molar-refractivity contribution in [3.8, 4) is 5.75 Å². The van der Waals surface area contributed by atoms with E-state index >= 15 is 0 Å². The first-order valence-electron chi connectivity index (χ1n) is 31.1. The van der Waals surface area contributed by atoms with Crippen molar-refractivity contribution in [2.45, 2.75) is 156 Å². The molecule has 3 aliphatic rings. The quantitative estimate of drug-likeness (QED) is 0.0142. The van der Waals surface area contributed by atoms with E-state index < -0.39 is 93.9 Å². The Kier molecular flexibility index (Phi) is 39.8. The minimum atomic E-state index is -4.38. The van der Waals surface area contributed by atoms with Crippen LogP contribution >= 0.6 is 0 Å². The number of hydrogen-bond donors (Lipinski definition) is 6. The Morgan fingerprint density at radius 3 is 1.88 bits per heavy atom. The summed E-state index contributed by atoms with van der Waals surface area (Å²) >= 11 is 0. The van der Waals surface area contributed by atoms with Gasteiger partial charge in [0.25, 0.3) is 10.1 Å². The molecule has 1 aliphatic carbocycles. The molecule has 0 radical (unpaired) electrons. The highest BCUT2D eigenvalue weighted by atomic mass is 32.2. The number of nitrogens with one attached hydrogen (secondary N) is 2. The van der Waals surface area contributed by atoms with E-state index in [1.807, 2.05) is 36.4 Å². The van der Waals surface area contributed by atoms with Crippen molar-refractivity contribution in [3.63, 3.8) is 0 Å². The molecule has 558 valence electrons. The fourth-order valence-corrected chi connectivity index (χ4v) is 12.3. The Labute approximate surface area is 591 Å². The van der Waals surface area contributed by atoms with Crippen LogP contribution < -0.4 is 20.3 Å². The van der Waals surface area contributed by atoms with Crippen LogP contribution in [-0.2, 0) is 102 Å². The van der Waals surface area contributed by atoms with E-state index in [1.165, 1.54) is 0 Å². The number of Topliss-reactive ketones (excluding diaryl/α,β-unsaturated/α-hetero) is 2. The van der Waals surface area contributed by atoms with Crippen molar-refractivity contribution in [3.05, 3.63) is 136 Å². The second-order valence-corrected chi connectivity index (χ2v) is 27.7. The second kappa shape index (κ2) is 44.5. The summed E-state index contributed by atoms with van der Waals surface area (Å²) in [5.41, 5.74) is 7.78. The van der Waals surface area contributed by atoms with Crippen molar-refractivity contribution in [1.29, 1.82) is 0 Å². The number of anilines is 1. The van der Waals surface area contributed by atoms with Crippen LogP contribution in [0.3, 0.4) is 0 Å². The third-order valence-corrected chi connectivity index (χ3v) is 17.4. The molecule has 101 heavy (non-hydrogen) atoms. The van der Waals surface area contributed by atoms with Gasteiger partial charge in [-0.25, -0.2) is 18.0 Å². The number of ether oxygens (including phenoxy) is 3. The van der Waals surface area contributed by atoms with Gasteiger partial charge in [0.2, 0.25) is 5.69 Å². The molecule has 3 aromatic rings. The maximum Gasteiger partial charge on any atom is 0.425 e. The number of hydrogen-bond acceptors (Lipinski definition) is 23. The van der Waals surface area contributed by atoms with Crippen LogP contribution in [0.1, 0.15) is 149 Å². The molecular formula is C67H90N4O26S4. The summed E-state index contributed by atoms with van der Waals surface area (Å²) in [6.07, 6.45) is 11.4. The predicted octanol–water partition coefficient (Wildman–Crippen LogP) is 7.36. The molecule has 0 unspecified atom stereocenters. The monoisotopic (exact) mass is 1490 g/mol. The predicted molar refractivity (Wildman–Crippen MR) is 366 cm³/mol. The van der Waals surface area contributed by atoms with Crippen LogP contribution in [-0.4, -0.2) is 176 Å². The number of carbonyl (C=O) groups excluding carboxylic acids is 5. The zero-order chi connectivity index (χ0) is 74.1. The van der Waals surface area contributed by atoms with Gasteiger partial charge < -0.3 is 49.6 Å². The molecule has 6 rings (SSSR count). The van der Waals surface area contributed by atoms with E-state index in [0.29, 0.717) is 55.8 Å². The number of benzene rings is 3. The SMILES string of the molecule is C.C.CC1(C)C(=CC=C2CCCC(C=CC3=[N+](CCCCS(=O)(=O)O)c4ccccc4C3(C)C)=C2Oc2ccc(C[C@@H](CC(=O)CCOCOCCC(=O)CC[C@H](NC(=O)NCCCC(=O)O)C(=O)O)C(=O)O)cc2)N(CCCCS(=O)(=O)[O-])c2ccccc21.O=C=O.O=S(=O)=O.O=S(=O)=O. The van der Waals surface area contributed by atoms with Crippen LogP contribution in [0.15, 0.2) is 120 Å². The van der Waals surface area contributed by atoms with Crippen molar-refractivity contribution >= 4 is 100 Å². The number of ketones is 2. The molecule has 2 aliphatic heterocycles. The van der Waals surface area contributed by atoms with Gasteiger partial charge in [-0.15, -0.1) is 25.3 Å². The zero-order valence-corrected chi connectivity index (χ0v) is 58.2. The number of aliphatic carboxylic acids is 3. The fourth-order valence-electron chi connectivity index (χ4n) is 11.2. The molecule has 0 fully saturated rings. The van der Waals surface area contributed by atoms with Crippen molar-refractivity contribution < 1.29 is 124 Å². The highest BCUT2D eigenvalue weighted by Crippen LogP contribution is 2.48. The third-order valence-electron chi connectivity index (χ3n) is 15.9. The Hall–Kier alpha value is -8.73. The number of carboxylic acids is 3. The molecule has 0 aromatic heterocycles. The van der Waals surface area contributed by atoms with E-state index in [-0.39, 0.29) is 129 Å². The van der Waals surface area contributed by atoms with Gasteiger partial charge in [-0.05, 0) is 124 Å². The van der Waals surface area contributed by atoms with E-state index in [4.69, 9.17) is 54.2 Å². The molecule has 0 saturated carbocycles. The molecule has 0 bridgehead atoms. The minimum Gasteiger partial charge on any atom is -0.748 e. The number of para-hydroxylation sites is 2. The van der Waals surface area contributed by atoms with Gasteiger partial charge in [0, 0.05) is 91.9 Å². The minimum absolute atomic E-state index is 0. The van der Waals surface area contributed by atoms with Crippen LogP contribution in [0.5, 0.6) is 5.75 Å². The van der Waals surface area contributed by atoms with Crippen molar-refractivity contribution in [2.75, 3.05) is 56.0 Å². The normalized spacial score (nSPS) is 15.4. The lowest BCUT2D eigenvalue weighted by atomic mass is 9.81. The fraction of sp³-hybridized carbons (Fsp3) is 0.493. The number of urea groups is 1. The molecule has 2 heterocycles. The number of carbonyl (C=O) groups is 6. The van der Waals surface area contributed by atoms with Crippen LogP contribution in [0.25, 0.3) is 0 Å². The van der Waals surface area contributed by atoms with Crippen molar-refractivity contribution in [2.24, 2.45) is 5.92 Å². The van der Waals surface area contributed by atoms with E-state index in [2.05, 4.69) is 84.2 Å². The largest absolute Gasteiger partial charge is 0.748 e. The standard InChI is InChI=1S/C64H82N4O18S2.CO2.2CH4.2O3S/c1-63(2)51-17-5-7-19-54(51)67(35-9-11-39-87(78,79)80)56(63)30-24-45-15-13-16-46(25-31-57-64(3,4)52-18-6-8-20-55(52)68(57)36-10-12-40-88(81,82)83)59(45)86-50-27-22-44(23-28-50)41-47(60(73)74)42-49(70)33-38-85-43-84-37-32-48(69)26-29-53(61(75)76)66-62(77)65-34-14-21-58(71)72;2-1-3;;;2*1-4(2)3/h5-8,17-20,22-25,27-28,30-31,47,53H,9-16,21,26,29,32-43H2,1-4H3,(H6-,65,66,71,72,73,74,75,76,77,78,79,80,81,82,83);;2*1H4;;/t47-,53-;;;;;/m0...../s1. The Morgan fingerprint density at radius 1 is 0.713 bits per heavy atom. The van der Waals surface area contributed by atoms with E-state index in [9.17, 15) is 64.9 Å². The molecule has 6 N–H and O–H groups in total. The van der Waals surface area contributed by atoms with Crippen LogP contribution in [0.2, 0.25) is 0 Å². The summed E-state index contributed by atoms with van der Waals surface area (Å²) in [5, 5.41) is 33.0. The Morgan fingerprint density at radius 2 is 1.30 bits per heavy atom. The molecule has 2 amide bonds. The molecule has 34 heteroatoms. The van der Waals surface area contributed by atoms with E-state index in [1.54, 1.807) is 24.3 Å². The maximum absolute atomic E-state index is 13.0. The van der Waals surface area contributed by atoms with E-state index in [0.717, 1.165) is 51.5 Å². The Bertz CT molecular complexity index is 3970. The lowest BCUT2D eigenvalue weighted by Crippen LogP contribution is -2.46.